The Bertz CT molecular complexity index is 556. The van der Waals surface area contributed by atoms with E-state index in [0.717, 1.165) is 0 Å². The summed E-state index contributed by atoms with van der Waals surface area (Å²) in [6.45, 7) is 0.333. The number of para-hydroxylation sites is 1. The first kappa shape index (κ1) is 12.8. The summed E-state index contributed by atoms with van der Waals surface area (Å²) in [7, 11) is -1.95. The summed E-state index contributed by atoms with van der Waals surface area (Å²) in [6, 6.07) is 6.25. The molecule has 1 amide bonds. The van der Waals surface area contributed by atoms with Crippen molar-refractivity contribution < 1.29 is 13.2 Å². The molecule has 0 radical (unpaired) electrons. The van der Waals surface area contributed by atoms with E-state index in [1.807, 2.05) is 0 Å². The summed E-state index contributed by atoms with van der Waals surface area (Å²) in [5, 5.41) is 5.42. The molecule has 0 bridgehead atoms. The molecular formula is C11H15N3O3S. The molecule has 1 aromatic carbocycles. The van der Waals surface area contributed by atoms with Gasteiger partial charge in [-0.2, -0.15) is 0 Å². The molecule has 0 saturated carbocycles. The number of amides is 1. The molecule has 1 atom stereocenters. The molecule has 3 N–H and O–H groups in total. The fourth-order valence-electron chi connectivity index (χ4n) is 1.88. The first-order chi connectivity index (χ1) is 8.53. The third kappa shape index (κ3) is 2.62. The van der Waals surface area contributed by atoms with Crippen molar-refractivity contribution in [1.29, 1.82) is 0 Å². The van der Waals surface area contributed by atoms with Crippen LogP contribution in [0.2, 0.25) is 0 Å². The van der Waals surface area contributed by atoms with Gasteiger partial charge in [0.1, 0.15) is 4.90 Å². The molecule has 1 aromatic rings. The quantitative estimate of drug-likeness (QED) is 0.712. The van der Waals surface area contributed by atoms with Crippen LogP contribution in [-0.2, 0) is 14.8 Å². The van der Waals surface area contributed by atoms with E-state index >= 15 is 0 Å². The lowest BCUT2D eigenvalue weighted by Crippen LogP contribution is -2.36. The van der Waals surface area contributed by atoms with Gasteiger partial charge in [-0.1, -0.05) is 12.1 Å². The molecule has 2 rings (SSSR count). The van der Waals surface area contributed by atoms with E-state index in [4.69, 9.17) is 0 Å². The van der Waals surface area contributed by atoms with Crippen molar-refractivity contribution in [3.05, 3.63) is 24.3 Å². The summed E-state index contributed by atoms with van der Waals surface area (Å²) < 4.78 is 26.9. The molecule has 98 valence electrons. The first-order valence-electron chi connectivity index (χ1n) is 5.59. The Morgan fingerprint density at radius 2 is 2.06 bits per heavy atom. The average Bonchev–Trinajstić information content (AvgIpc) is 2.74. The smallest absolute Gasteiger partial charge is 0.242 e. The van der Waals surface area contributed by atoms with Crippen molar-refractivity contribution in [2.24, 2.45) is 0 Å². The topological polar surface area (TPSA) is 87.3 Å². The third-order valence-corrected chi connectivity index (χ3v) is 4.32. The number of anilines is 1. The van der Waals surface area contributed by atoms with Gasteiger partial charge in [0.2, 0.25) is 15.9 Å². The Balaban J connectivity index is 2.22. The Kier molecular flexibility index (Phi) is 3.53. The van der Waals surface area contributed by atoms with Gasteiger partial charge in [0.05, 0.1) is 5.69 Å². The molecule has 1 saturated heterocycles. The number of nitrogens with one attached hydrogen (secondary N) is 3. The SMILES string of the molecule is CNc1ccccc1S(=O)(=O)NC1CNC(=O)C1. The number of carbonyl (C=O) groups excluding carboxylic acids is 1. The van der Waals surface area contributed by atoms with Crippen molar-refractivity contribution in [2.75, 3.05) is 18.9 Å². The minimum Gasteiger partial charge on any atom is -0.387 e. The molecule has 1 aliphatic heterocycles. The molecule has 0 spiro atoms. The van der Waals surface area contributed by atoms with Crippen LogP contribution in [0.15, 0.2) is 29.2 Å². The second kappa shape index (κ2) is 4.95. The van der Waals surface area contributed by atoms with E-state index < -0.39 is 10.0 Å². The zero-order chi connectivity index (χ0) is 13.2. The molecular weight excluding hydrogens is 254 g/mol. The zero-order valence-electron chi connectivity index (χ0n) is 9.93. The van der Waals surface area contributed by atoms with E-state index in [0.29, 0.717) is 12.2 Å². The van der Waals surface area contributed by atoms with Crippen LogP contribution in [0.5, 0.6) is 0 Å². The zero-order valence-corrected chi connectivity index (χ0v) is 10.8. The maximum Gasteiger partial charge on any atom is 0.242 e. The standard InChI is InChI=1S/C11H15N3O3S/c1-12-9-4-2-3-5-10(9)18(16,17)14-8-6-11(15)13-7-8/h2-5,8,12,14H,6-7H2,1H3,(H,13,15). The average molecular weight is 269 g/mol. The van der Waals surface area contributed by atoms with Gasteiger partial charge in [0, 0.05) is 26.1 Å². The monoisotopic (exact) mass is 269 g/mol. The maximum absolute atomic E-state index is 12.2. The molecule has 0 aliphatic carbocycles. The first-order valence-corrected chi connectivity index (χ1v) is 7.07. The Hall–Kier alpha value is -1.60. The number of rotatable bonds is 4. The highest BCUT2D eigenvalue weighted by Crippen LogP contribution is 2.20. The summed E-state index contributed by atoms with van der Waals surface area (Å²) in [4.78, 5) is 11.2. The van der Waals surface area contributed by atoms with Crippen molar-refractivity contribution in [2.45, 2.75) is 17.4 Å². The van der Waals surface area contributed by atoms with Crippen LogP contribution >= 0.6 is 0 Å². The predicted molar refractivity (Wildman–Crippen MR) is 67.7 cm³/mol. The van der Waals surface area contributed by atoms with E-state index in [9.17, 15) is 13.2 Å². The summed E-state index contributed by atoms with van der Waals surface area (Å²) in [5.41, 5.74) is 0.530. The molecule has 1 aliphatic rings. The fraction of sp³-hybridized carbons (Fsp3) is 0.364. The molecule has 0 aromatic heterocycles. The number of sulfonamides is 1. The molecule has 1 heterocycles. The van der Waals surface area contributed by atoms with Crippen LogP contribution in [0.25, 0.3) is 0 Å². The van der Waals surface area contributed by atoms with Gasteiger partial charge in [0.15, 0.2) is 0 Å². The lowest BCUT2D eigenvalue weighted by Gasteiger charge is -2.14. The highest BCUT2D eigenvalue weighted by molar-refractivity contribution is 7.89. The van der Waals surface area contributed by atoms with Gasteiger partial charge in [-0.05, 0) is 12.1 Å². The van der Waals surface area contributed by atoms with Gasteiger partial charge in [0.25, 0.3) is 0 Å². The minimum absolute atomic E-state index is 0.135. The molecule has 1 unspecified atom stereocenters. The summed E-state index contributed by atoms with van der Waals surface area (Å²) in [6.07, 6.45) is 0.181. The van der Waals surface area contributed by atoms with Crippen molar-refractivity contribution in [1.82, 2.24) is 10.0 Å². The van der Waals surface area contributed by atoms with Gasteiger partial charge < -0.3 is 10.6 Å². The van der Waals surface area contributed by atoms with Crippen LogP contribution in [0, 0.1) is 0 Å². The van der Waals surface area contributed by atoms with Crippen molar-refractivity contribution in [3.8, 4) is 0 Å². The number of carbonyl (C=O) groups is 1. The lowest BCUT2D eigenvalue weighted by molar-refractivity contribution is -0.119. The van der Waals surface area contributed by atoms with Gasteiger partial charge in [-0.15, -0.1) is 0 Å². The van der Waals surface area contributed by atoms with E-state index in [1.54, 1.807) is 25.2 Å². The summed E-state index contributed by atoms with van der Waals surface area (Å²) >= 11 is 0. The van der Waals surface area contributed by atoms with Crippen LogP contribution < -0.4 is 15.4 Å². The second-order valence-electron chi connectivity index (χ2n) is 4.07. The van der Waals surface area contributed by atoms with Crippen LogP contribution in [0.1, 0.15) is 6.42 Å². The minimum atomic E-state index is -3.61. The van der Waals surface area contributed by atoms with Crippen LogP contribution in [0.4, 0.5) is 5.69 Å². The molecule has 1 fully saturated rings. The molecule has 6 nitrogen and oxygen atoms in total. The van der Waals surface area contributed by atoms with Gasteiger partial charge in [-0.25, -0.2) is 13.1 Å². The fourth-order valence-corrected chi connectivity index (χ4v) is 3.33. The Labute approximate surface area is 106 Å². The number of hydrogen-bond donors (Lipinski definition) is 3. The highest BCUT2D eigenvalue weighted by Gasteiger charge is 2.27. The maximum atomic E-state index is 12.2. The van der Waals surface area contributed by atoms with E-state index in [-0.39, 0.29) is 23.3 Å². The Morgan fingerprint density at radius 1 is 1.33 bits per heavy atom. The third-order valence-electron chi connectivity index (χ3n) is 2.75. The van der Waals surface area contributed by atoms with Gasteiger partial charge >= 0.3 is 0 Å². The predicted octanol–water partition coefficient (Wildman–Crippen LogP) is -0.105. The number of benzene rings is 1. The summed E-state index contributed by atoms with van der Waals surface area (Å²) in [5.74, 6) is -0.135. The normalized spacial score (nSPS) is 19.6. The lowest BCUT2D eigenvalue weighted by atomic mass is 10.3. The molecule has 18 heavy (non-hydrogen) atoms. The van der Waals surface area contributed by atoms with Crippen molar-refractivity contribution in [3.63, 3.8) is 0 Å². The largest absolute Gasteiger partial charge is 0.387 e. The van der Waals surface area contributed by atoms with E-state index in [1.165, 1.54) is 6.07 Å². The van der Waals surface area contributed by atoms with Gasteiger partial charge in [-0.3, -0.25) is 4.79 Å². The Morgan fingerprint density at radius 3 is 2.67 bits per heavy atom. The van der Waals surface area contributed by atoms with Crippen LogP contribution in [-0.4, -0.2) is 34.0 Å². The molecule has 7 heteroatoms. The highest BCUT2D eigenvalue weighted by atomic mass is 32.2. The second-order valence-corrected chi connectivity index (χ2v) is 5.75. The van der Waals surface area contributed by atoms with E-state index in [2.05, 4.69) is 15.4 Å². The van der Waals surface area contributed by atoms with Crippen LogP contribution in [0.3, 0.4) is 0 Å². The van der Waals surface area contributed by atoms with Crippen molar-refractivity contribution >= 4 is 21.6 Å². The number of hydrogen-bond acceptors (Lipinski definition) is 4.